The zero-order chi connectivity index (χ0) is 15.9. The second-order valence-electron chi connectivity index (χ2n) is 5.03. The highest BCUT2D eigenvalue weighted by molar-refractivity contribution is 6.20. The Morgan fingerprint density at radius 3 is 2.27 bits per heavy atom. The number of ether oxygens (including phenoxy) is 1. The molecular weight excluding hydrogens is 286 g/mol. The van der Waals surface area contributed by atoms with Crippen LogP contribution in [0, 0.1) is 0 Å². The second kappa shape index (κ2) is 7.70. The largest absolute Gasteiger partial charge is 0.370 e. The van der Waals surface area contributed by atoms with Crippen LogP contribution in [0.4, 0.5) is 0 Å². The number of fused-ring (bicyclic) bond motifs is 1. The number of nitrogens with zero attached hydrogens (tertiary/aromatic N) is 1. The fraction of sp³-hybridized carbons (Fsp3) is 0.438. The number of benzene rings is 1. The predicted molar refractivity (Wildman–Crippen MR) is 78.0 cm³/mol. The van der Waals surface area contributed by atoms with Gasteiger partial charge in [0.1, 0.15) is 6.61 Å². The molecule has 1 aliphatic rings. The number of hydroxylamine groups is 2. The highest BCUT2D eigenvalue weighted by Gasteiger charge is 2.38. The third-order valence-corrected chi connectivity index (χ3v) is 3.31. The van der Waals surface area contributed by atoms with E-state index in [0.29, 0.717) is 11.7 Å². The van der Waals surface area contributed by atoms with Crippen LogP contribution >= 0.6 is 0 Å². The van der Waals surface area contributed by atoms with Crippen molar-refractivity contribution in [2.45, 2.75) is 32.6 Å². The zero-order valence-electron chi connectivity index (χ0n) is 12.5. The van der Waals surface area contributed by atoms with Crippen molar-refractivity contribution in [2.24, 2.45) is 0 Å². The lowest BCUT2D eigenvalue weighted by Crippen LogP contribution is -2.34. The van der Waals surface area contributed by atoms with Gasteiger partial charge < -0.3 is 9.57 Å². The van der Waals surface area contributed by atoms with Gasteiger partial charge in [0.25, 0.3) is 11.8 Å². The van der Waals surface area contributed by atoms with Crippen LogP contribution < -0.4 is 0 Å². The van der Waals surface area contributed by atoms with Crippen molar-refractivity contribution in [2.75, 3.05) is 13.2 Å². The van der Waals surface area contributed by atoms with E-state index in [0.717, 1.165) is 25.7 Å². The number of unbranched alkanes of at least 4 members (excludes halogenated alkanes) is 3. The van der Waals surface area contributed by atoms with Gasteiger partial charge in [-0.2, -0.15) is 0 Å². The molecule has 22 heavy (non-hydrogen) atoms. The lowest BCUT2D eigenvalue weighted by Gasteiger charge is -2.12. The Kier molecular flexibility index (Phi) is 5.66. The minimum atomic E-state index is -0.759. The molecule has 0 unspecified atom stereocenters. The van der Waals surface area contributed by atoms with Gasteiger partial charge >= 0.3 is 5.97 Å². The molecule has 0 fully saturated rings. The molecule has 6 nitrogen and oxygen atoms in total. The van der Waals surface area contributed by atoms with Crippen LogP contribution in [0.2, 0.25) is 0 Å². The van der Waals surface area contributed by atoms with E-state index in [9.17, 15) is 14.4 Å². The summed E-state index contributed by atoms with van der Waals surface area (Å²) in [5, 5.41) is 0.493. The summed E-state index contributed by atoms with van der Waals surface area (Å²) in [6.07, 6.45) is 4.17. The van der Waals surface area contributed by atoms with Crippen LogP contribution in [0.1, 0.15) is 53.3 Å². The van der Waals surface area contributed by atoms with Crippen molar-refractivity contribution in [3.8, 4) is 0 Å². The number of carbonyl (C=O) groups excluding carboxylic acids is 3. The van der Waals surface area contributed by atoms with Crippen molar-refractivity contribution in [3.63, 3.8) is 0 Å². The van der Waals surface area contributed by atoms with Gasteiger partial charge in [-0.15, -0.1) is 0 Å². The van der Waals surface area contributed by atoms with Crippen molar-refractivity contribution in [1.82, 2.24) is 5.06 Å². The van der Waals surface area contributed by atoms with Gasteiger partial charge in [-0.1, -0.05) is 43.4 Å². The third kappa shape index (κ3) is 3.71. The molecule has 0 N–H and O–H groups in total. The van der Waals surface area contributed by atoms with Crippen LogP contribution in [0.25, 0.3) is 0 Å². The first-order chi connectivity index (χ1) is 10.6. The smallest absolute Gasteiger partial charge is 0.358 e. The summed E-state index contributed by atoms with van der Waals surface area (Å²) in [5.41, 5.74) is 0.474. The first-order valence-electron chi connectivity index (χ1n) is 7.41. The van der Waals surface area contributed by atoms with Gasteiger partial charge in [0, 0.05) is 6.61 Å². The number of hydrogen-bond acceptors (Lipinski definition) is 5. The van der Waals surface area contributed by atoms with E-state index in [1.54, 1.807) is 12.1 Å². The van der Waals surface area contributed by atoms with Gasteiger partial charge in [-0.05, 0) is 18.6 Å². The van der Waals surface area contributed by atoms with E-state index >= 15 is 0 Å². The lowest BCUT2D eigenvalue weighted by atomic mass is 10.1. The molecule has 0 saturated heterocycles. The zero-order valence-corrected chi connectivity index (χ0v) is 12.5. The van der Waals surface area contributed by atoms with Gasteiger partial charge in [0.2, 0.25) is 0 Å². The first kappa shape index (κ1) is 16.2. The van der Waals surface area contributed by atoms with E-state index < -0.39 is 17.8 Å². The van der Waals surface area contributed by atoms with Crippen molar-refractivity contribution in [1.29, 1.82) is 0 Å². The van der Waals surface area contributed by atoms with E-state index in [1.807, 2.05) is 0 Å². The second-order valence-corrected chi connectivity index (χ2v) is 5.03. The quantitative estimate of drug-likeness (QED) is 0.544. The SMILES string of the molecule is CCCCCCOCC(=O)ON1C(=O)c2ccccc2C1=O. The standard InChI is InChI=1S/C16H19NO5/c1-2-3-4-7-10-21-11-14(18)22-17-15(19)12-8-5-6-9-13(12)16(17)20/h5-6,8-9H,2-4,7,10-11H2,1H3. The highest BCUT2D eigenvalue weighted by atomic mass is 16.7. The fourth-order valence-electron chi connectivity index (χ4n) is 2.16. The fourth-order valence-corrected chi connectivity index (χ4v) is 2.16. The van der Waals surface area contributed by atoms with E-state index in [4.69, 9.17) is 9.57 Å². The average molecular weight is 305 g/mol. The van der Waals surface area contributed by atoms with Crippen molar-refractivity contribution in [3.05, 3.63) is 35.4 Å². The molecule has 6 heteroatoms. The third-order valence-electron chi connectivity index (χ3n) is 3.31. The molecule has 1 aromatic carbocycles. The Morgan fingerprint density at radius 1 is 1.05 bits per heavy atom. The van der Waals surface area contributed by atoms with Crippen LogP contribution in [0.5, 0.6) is 0 Å². The van der Waals surface area contributed by atoms with Crippen LogP contribution in [-0.4, -0.2) is 36.1 Å². The maximum atomic E-state index is 12.0. The average Bonchev–Trinajstić information content (AvgIpc) is 2.76. The van der Waals surface area contributed by atoms with E-state index in [-0.39, 0.29) is 17.7 Å². The molecule has 0 spiro atoms. The molecule has 0 radical (unpaired) electrons. The van der Waals surface area contributed by atoms with Crippen molar-refractivity contribution < 1.29 is 24.0 Å². The Bertz CT molecular complexity index is 534. The Labute approximate surface area is 129 Å². The van der Waals surface area contributed by atoms with Crippen LogP contribution in [0.3, 0.4) is 0 Å². The molecule has 2 rings (SSSR count). The molecule has 0 aromatic heterocycles. The summed E-state index contributed by atoms with van der Waals surface area (Å²) in [5.74, 6) is -2.02. The molecule has 118 valence electrons. The maximum Gasteiger partial charge on any atom is 0.358 e. The number of rotatable bonds is 8. The molecule has 0 aliphatic carbocycles. The summed E-state index contributed by atoms with van der Waals surface area (Å²) in [6.45, 7) is 2.29. The normalized spacial score (nSPS) is 13.4. The molecule has 1 aromatic rings. The van der Waals surface area contributed by atoms with Gasteiger partial charge in [-0.3, -0.25) is 9.59 Å². The van der Waals surface area contributed by atoms with Crippen molar-refractivity contribution >= 4 is 17.8 Å². The predicted octanol–water partition coefficient (Wildman–Crippen LogP) is 2.34. The molecule has 0 saturated carbocycles. The number of carbonyl (C=O) groups is 3. The Balaban J connectivity index is 1.79. The van der Waals surface area contributed by atoms with Gasteiger partial charge in [-0.25, -0.2) is 4.79 Å². The highest BCUT2D eigenvalue weighted by Crippen LogP contribution is 2.22. The van der Waals surface area contributed by atoms with Gasteiger partial charge in [0.05, 0.1) is 11.1 Å². The summed E-state index contributed by atoms with van der Waals surface area (Å²) in [7, 11) is 0. The summed E-state index contributed by atoms with van der Waals surface area (Å²) >= 11 is 0. The monoisotopic (exact) mass is 305 g/mol. The number of amides is 2. The molecular formula is C16H19NO5. The van der Waals surface area contributed by atoms with E-state index in [1.165, 1.54) is 12.1 Å². The van der Waals surface area contributed by atoms with Crippen LogP contribution in [-0.2, 0) is 14.4 Å². The summed E-state index contributed by atoms with van der Waals surface area (Å²) < 4.78 is 5.18. The Hall–Kier alpha value is -2.21. The number of imide groups is 1. The minimum absolute atomic E-state index is 0.237. The lowest BCUT2D eigenvalue weighted by molar-refractivity contribution is -0.173. The topological polar surface area (TPSA) is 72.9 Å². The summed E-state index contributed by atoms with van der Waals surface area (Å²) in [6, 6.07) is 6.34. The molecule has 0 bridgehead atoms. The van der Waals surface area contributed by atoms with E-state index in [2.05, 4.69) is 6.92 Å². The van der Waals surface area contributed by atoms with Crippen LogP contribution in [0.15, 0.2) is 24.3 Å². The molecule has 2 amide bonds. The molecule has 1 heterocycles. The first-order valence-corrected chi connectivity index (χ1v) is 7.41. The molecule has 0 atom stereocenters. The maximum absolute atomic E-state index is 12.0. The van der Waals surface area contributed by atoms with Gasteiger partial charge in [0.15, 0.2) is 0 Å². The summed E-state index contributed by atoms with van der Waals surface area (Å²) in [4.78, 5) is 40.4. The Morgan fingerprint density at radius 2 is 1.68 bits per heavy atom. The minimum Gasteiger partial charge on any atom is -0.370 e. The number of hydrogen-bond donors (Lipinski definition) is 0. The molecule has 1 aliphatic heterocycles.